The van der Waals surface area contributed by atoms with Gasteiger partial charge in [-0.05, 0) is 41.3 Å². The molecule has 0 aliphatic carbocycles. The Kier molecular flexibility index (Phi) is 5.70. The molecule has 0 atom stereocenters. The number of aromatic hydroxyl groups is 1. The lowest BCUT2D eigenvalue weighted by molar-refractivity contribution is -0.121. The third kappa shape index (κ3) is 4.21. The lowest BCUT2D eigenvalue weighted by Gasteiger charge is -2.35. The number of carbonyl (C=O) groups excluding carboxylic acids is 1. The molecule has 1 aliphatic rings. The van der Waals surface area contributed by atoms with Crippen LogP contribution in [-0.4, -0.2) is 45.1 Å². The minimum Gasteiger partial charge on any atom is -0.508 e. The van der Waals surface area contributed by atoms with Crippen molar-refractivity contribution in [3.05, 3.63) is 89.8 Å². The summed E-state index contributed by atoms with van der Waals surface area (Å²) in [4.78, 5) is 21.2. The molecule has 0 bridgehead atoms. The fourth-order valence-corrected chi connectivity index (χ4v) is 4.40. The maximum atomic E-state index is 13.6. The SMILES string of the molecule is N#Cc1cc(Cn2cncc2CN2CCN(c3cccc4ccc(O)cc34)C(=O)C2)ccc1F. The summed E-state index contributed by atoms with van der Waals surface area (Å²) in [5.41, 5.74) is 2.55. The van der Waals surface area contributed by atoms with Gasteiger partial charge in [0.2, 0.25) is 5.91 Å². The van der Waals surface area contributed by atoms with Gasteiger partial charge < -0.3 is 14.6 Å². The second-order valence-electron chi connectivity index (χ2n) is 8.38. The Balaban J connectivity index is 1.30. The second kappa shape index (κ2) is 8.96. The van der Waals surface area contributed by atoms with E-state index in [2.05, 4.69) is 9.88 Å². The van der Waals surface area contributed by atoms with Crippen LogP contribution < -0.4 is 4.90 Å². The van der Waals surface area contributed by atoms with Crippen molar-refractivity contribution in [3.63, 3.8) is 0 Å². The van der Waals surface area contributed by atoms with Crippen LogP contribution in [0.1, 0.15) is 16.8 Å². The van der Waals surface area contributed by atoms with E-state index in [9.17, 15) is 14.3 Å². The van der Waals surface area contributed by atoms with Crippen LogP contribution in [0.3, 0.4) is 0 Å². The molecule has 5 rings (SSSR count). The predicted octanol–water partition coefficient (Wildman–Crippen LogP) is 3.65. The molecular weight excluding hydrogens is 433 g/mol. The number of piperazine rings is 1. The van der Waals surface area contributed by atoms with Gasteiger partial charge in [-0.25, -0.2) is 9.37 Å². The molecule has 7 nitrogen and oxygen atoms in total. The molecule has 1 aliphatic heterocycles. The predicted molar refractivity (Wildman–Crippen MR) is 126 cm³/mol. The van der Waals surface area contributed by atoms with Crippen LogP contribution in [0.2, 0.25) is 0 Å². The van der Waals surface area contributed by atoms with Crippen molar-refractivity contribution in [3.8, 4) is 11.8 Å². The number of nitrogens with zero attached hydrogens (tertiary/aromatic N) is 5. The summed E-state index contributed by atoms with van der Waals surface area (Å²) in [5.74, 6) is -0.373. The van der Waals surface area contributed by atoms with E-state index in [1.807, 2.05) is 34.9 Å². The van der Waals surface area contributed by atoms with Crippen LogP contribution in [0.4, 0.5) is 10.1 Å². The van der Waals surface area contributed by atoms with Gasteiger partial charge in [-0.2, -0.15) is 5.26 Å². The number of nitriles is 1. The highest BCUT2D eigenvalue weighted by molar-refractivity contribution is 6.05. The van der Waals surface area contributed by atoms with Crippen molar-refractivity contribution in [2.45, 2.75) is 13.1 Å². The van der Waals surface area contributed by atoms with Crippen molar-refractivity contribution in [1.29, 1.82) is 5.26 Å². The van der Waals surface area contributed by atoms with Crippen LogP contribution >= 0.6 is 0 Å². The Morgan fingerprint density at radius 2 is 1.97 bits per heavy atom. The summed E-state index contributed by atoms with van der Waals surface area (Å²) in [7, 11) is 0. The topological polar surface area (TPSA) is 85.4 Å². The van der Waals surface area contributed by atoms with E-state index in [-0.39, 0.29) is 23.8 Å². The molecule has 2 heterocycles. The maximum absolute atomic E-state index is 13.6. The largest absolute Gasteiger partial charge is 0.508 e. The first kappa shape index (κ1) is 21.6. The summed E-state index contributed by atoms with van der Waals surface area (Å²) in [5, 5.41) is 20.8. The summed E-state index contributed by atoms with van der Waals surface area (Å²) in [6.45, 7) is 2.47. The van der Waals surface area contributed by atoms with E-state index in [4.69, 9.17) is 5.26 Å². The molecule has 4 aromatic rings. The standard InChI is InChI=1S/C26H22FN5O2/c27-24-7-4-18(10-20(24)12-28)14-31-17-29-13-21(31)15-30-8-9-32(26(34)16-30)25-3-1-2-19-5-6-22(33)11-23(19)25/h1-7,10-11,13,17,33H,8-9,14-16H2. The summed E-state index contributed by atoms with van der Waals surface area (Å²) in [6.07, 6.45) is 3.46. The number of imidazole rings is 1. The molecule has 0 radical (unpaired) electrons. The van der Waals surface area contributed by atoms with E-state index in [0.717, 1.165) is 27.7 Å². The number of carbonyl (C=O) groups is 1. The molecule has 1 aromatic heterocycles. The highest BCUT2D eigenvalue weighted by atomic mass is 19.1. The average Bonchev–Trinajstić information content (AvgIpc) is 3.26. The van der Waals surface area contributed by atoms with E-state index in [1.165, 1.54) is 6.07 Å². The smallest absolute Gasteiger partial charge is 0.241 e. The Morgan fingerprint density at radius 1 is 1.09 bits per heavy atom. The maximum Gasteiger partial charge on any atom is 0.241 e. The van der Waals surface area contributed by atoms with Crippen LogP contribution in [0.15, 0.2) is 67.1 Å². The van der Waals surface area contributed by atoms with Gasteiger partial charge in [0.25, 0.3) is 0 Å². The van der Waals surface area contributed by atoms with Gasteiger partial charge >= 0.3 is 0 Å². The number of halogens is 1. The summed E-state index contributed by atoms with van der Waals surface area (Å²) < 4.78 is 15.6. The Bertz CT molecular complexity index is 1420. The van der Waals surface area contributed by atoms with Crippen molar-refractivity contribution in [1.82, 2.24) is 14.5 Å². The molecule has 1 saturated heterocycles. The van der Waals surface area contributed by atoms with E-state index >= 15 is 0 Å². The van der Waals surface area contributed by atoms with Crippen LogP contribution in [0.5, 0.6) is 5.75 Å². The first-order chi connectivity index (χ1) is 16.5. The number of benzene rings is 3. The Labute approximate surface area is 195 Å². The monoisotopic (exact) mass is 455 g/mol. The van der Waals surface area contributed by atoms with Crippen molar-refractivity contribution in [2.75, 3.05) is 24.5 Å². The number of fused-ring (bicyclic) bond motifs is 1. The third-order valence-corrected chi connectivity index (χ3v) is 6.12. The summed E-state index contributed by atoms with van der Waals surface area (Å²) >= 11 is 0. The lowest BCUT2D eigenvalue weighted by atomic mass is 10.1. The molecule has 0 saturated carbocycles. The molecule has 0 spiro atoms. The first-order valence-corrected chi connectivity index (χ1v) is 10.9. The Morgan fingerprint density at radius 3 is 2.79 bits per heavy atom. The average molecular weight is 455 g/mol. The van der Waals surface area contributed by atoms with Crippen LogP contribution in [-0.2, 0) is 17.9 Å². The fourth-order valence-electron chi connectivity index (χ4n) is 4.40. The van der Waals surface area contributed by atoms with Gasteiger partial charge in [-0.15, -0.1) is 0 Å². The molecule has 8 heteroatoms. The summed E-state index contributed by atoms with van der Waals surface area (Å²) in [6, 6.07) is 17.3. The van der Waals surface area contributed by atoms with Crippen LogP contribution in [0, 0.1) is 17.1 Å². The normalized spacial score (nSPS) is 14.5. The Hall–Kier alpha value is -4.22. The number of aromatic nitrogens is 2. The number of amides is 1. The molecular formula is C26H22FN5O2. The van der Waals surface area contributed by atoms with Gasteiger partial charge in [0.15, 0.2) is 0 Å². The van der Waals surface area contributed by atoms with E-state index < -0.39 is 5.82 Å². The quantitative estimate of drug-likeness (QED) is 0.497. The van der Waals surface area contributed by atoms with Gasteiger partial charge in [0, 0.05) is 37.8 Å². The third-order valence-electron chi connectivity index (χ3n) is 6.12. The number of phenols is 1. The number of phenolic OH excluding ortho intramolecular Hbond substituents is 1. The van der Waals surface area contributed by atoms with E-state index in [0.29, 0.717) is 26.2 Å². The highest BCUT2D eigenvalue weighted by Gasteiger charge is 2.27. The van der Waals surface area contributed by atoms with Crippen LogP contribution in [0.25, 0.3) is 10.8 Å². The zero-order valence-corrected chi connectivity index (χ0v) is 18.4. The molecule has 1 N–H and O–H groups in total. The van der Waals surface area contributed by atoms with Gasteiger partial charge in [0.1, 0.15) is 17.6 Å². The molecule has 170 valence electrons. The minimum absolute atomic E-state index is 0.00893. The van der Waals surface area contributed by atoms with E-state index in [1.54, 1.807) is 41.7 Å². The molecule has 0 unspecified atom stereocenters. The zero-order chi connectivity index (χ0) is 23.7. The number of rotatable bonds is 5. The molecule has 1 amide bonds. The minimum atomic E-state index is -0.533. The second-order valence-corrected chi connectivity index (χ2v) is 8.38. The molecule has 1 fully saturated rings. The highest BCUT2D eigenvalue weighted by Crippen LogP contribution is 2.31. The van der Waals surface area contributed by atoms with Gasteiger partial charge in [-0.1, -0.05) is 24.3 Å². The lowest BCUT2D eigenvalue weighted by Crippen LogP contribution is -2.50. The first-order valence-electron chi connectivity index (χ1n) is 10.9. The fraction of sp³-hybridized carbons (Fsp3) is 0.192. The number of hydrogen-bond acceptors (Lipinski definition) is 5. The zero-order valence-electron chi connectivity index (χ0n) is 18.4. The molecule has 34 heavy (non-hydrogen) atoms. The number of anilines is 1. The van der Waals surface area contributed by atoms with Crippen molar-refractivity contribution < 1.29 is 14.3 Å². The van der Waals surface area contributed by atoms with Crippen molar-refractivity contribution in [2.24, 2.45) is 0 Å². The van der Waals surface area contributed by atoms with Crippen molar-refractivity contribution >= 4 is 22.4 Å². The number of hydrogen-bond donors (Lipinski definition) is 1. The van der Waals surface area contributed by atoms with Gasteiger partial charge in [-0.3, -0.25) is 9.69 Å². The molecule has 3 aromatic carbocycles. The van der Waals surface area contributed by atoms with Gasteiger partial charge in [0.05, 0.1) is 29.8 Å².